The molecule has 0 aromatic heterocycles. The third-order valence-corrected chi connectivity index (χ3v) is 14.7. The number of benzene rings is 10. The van der Waals surface area contributed by atoms with Crippen LogP contribution in [0.15, 0.2) is 237 Å². The Bertz CT molecular complexity index is 3490. The number of para-hydroxylation sites is 1. The molecule has 320 valence electrons. The summed E-state index contributed by atoms with van der Waals surface area (Å²) >= 11 is 0. The van der Waals surface area contributed by atoms with Crippen molar-refractivity contribution in [2.24, 2.45) is 0 Å². The highest BCUT2D eigenvalue weighted by Crippen LogP contribution is 2.55. The molecule has 10 aromatic carbocycles. The quantitative estimate of drug-likeness (QED) is 0.147. The monoisotopic (exact) mass is 857 g/mol. The summed E-state index contributed by atoms with van der Waals surface area (Å²) < 4.78 is 0. The Balaban J connectivity index is 0.991. The van der Waals surface area contributed by atoms with E-state index in [-0.39, 0.29) is 10.8 Å². The van der Waals surface area contributed by atoms with Crippen LogP contribution < -0.4 is 4.90 Å². The highest BCUT2D eigenvalue weighted by molar-refractivity contribution is 5.94. The van der Waals surface area contributed by atoms with Gasteiger partial charge < -0.3 is 4.90 Å². The van der Waals surface area contributed by atoms with E-state index in [0.717, 1.165) is 17.1 Å². The van der Waals surface area contributed by atoms with Crippen molar-refractivity contribution in [1.29, 1.82) is 0 Å². The molecule has 0 atom stereocenters. The predicted molar refractivity (Wildman–Crippen MR) is 283 cm³/mol. The Hall–Kier alpha value is -8.00. The van der Waals surface area contributed by atoms with Gasteiger partial charge in [0.25, 0.3) is 0 Å². The second-order valence-electron chi connectivity index (χ2n) is 19.3. The van der Waals surface area contributed by atoms with Gasteiger partial charge in [-0.25, -0.2) is 0 Å². The van der Waals surface area contributed by atoms with E-state index in [0.29, 0.717) is 0 Å². The van der Waals surface area contributed by atoms with Crippen molar-refractivity contribution < 1.29 is 0 Å². The molecule has 12 rings (SSSR count). The van der Waals surface area contributed by atoms with Gasteiger partial charge in [-0.15, -0.1) is 0 Å². The average molecular weight is 858 g/mol. The number of hydrogen-bond acceptors (Lipinski definition) is 1. The fraction of sp³-hybridized carbons (Fsp3) is 0.0909. The third-order valence-electron chi connectivity index (χ3n) is 14.7. The first-order valence-corrected chi connectivity index (χ1v) is 23.6. The third kappa shape index (κ3) is 6.76. The second-order valence-corrected chi connectivity index (χ2v) is 19.3. The maximum absolute atomic E-state index is 2.51. The summed E-state index contributed by atoms with van der Waals surface area (Å²) in [6.07, 6.45) is 0. The number of fused-ring (bicyclic) bond motifs is 6. The molecule has 0 saturated heterocycles. The summed E-state index contributed by atoms with van der Waals surface area (Å²) in [5.74, 6) is 0. The minimum atomic E-state index is -0.241. The summed E-state index contributed by atoms with van der Waals surface area (Å²) in [6.45, 7) is 9.59. The number of rotatable bonds is 8. The van der Waals surface area contributed by atoms with Crippen LogP contribution >= 0.6 is 0 Å². The van der Waals surface area contributed by atoms with E-state index in [1.54, 1.807) is 0 Å². The normalized spacial score (nSPS) is 13.6. The molecule has 1 nitrogen and oxygen atoms in total. The van der Waals surface area contributed by atoms with Gasteiger partial charge in [0.1, 0.15) is 0 Å². The zero-order valence-corrected chi connectivity index (χ0v) is 38.5. The smallest absolute Gasteiger partial charge is 0.0540 e. The Morgan fingerprint density at radius 2 is 0.567 bits per heavy atom. The Kier molecular flexibility index (Phi) is 9.59. The van der Waals surface area contributed by atoms with Crippen molar-refractivity contribution in [2.45, 2.75) is 38.5 Å². The molecule has 2 aliphatic rings. The maximum atomic E-state index is 2.51. The summed E-state index contributed by atoms with van der Waals surface area (Å²) in [5, 5.41) is 0. The first-order valence-electron chi connectivity index (χ1n) is 23.6. The Labute approximate surface area is 395 Å². The van der Waals surface area contributed by atoms with Gasteiger partial charge in [0.2, 0.25) is 0 Å². The lowest BCUT2D eigenvalue weighted by Gasteiger charge is -2.31. The van der Waals surface area contributed by atoms with Crippen LogP contribution in [0.2, 0.25) is 0 Å². The van der Waals surface area contributed by atoms with Gasteiger partial charge in [0, 0.05) is 27.8 Å². The molecular weight excluding hydrogens is 807 g/mol. The summed E-state index contributed by atoms with van der Waals surface area (Å²) in [5.41, 5.74) is 25.9. The fourth-order valence-electron chi connectivity index (χ4n) is 11.1. The van der Waals surface area contributed by atoms with Crippen LogP contribution in [0.25, 0.3) is 77.9 Å². The zero-order valence-electron chi connectivity index (χ0n) is 38.5. The predicted octanol–water partition coefficient (Wildman–Crippen LogP) is 18.1. The molecule has 0 fully saturated rings. The molecule has 0 spiro atoms. The summed E-state index contributed by atoms with van der Waals surface area (Å²) in [7, 11) is 0. The number of anilines is 3. The highest BCUT2D eigenvalue weighted by Gasteiger charge is 2.38. The van der Waals surface area contributed by atoms with Crippen LogP contribution in [0.1, 0.15) is 49.9 Å². The largest absolute Gasteiger partial charge is 0.310 e. The topological polar surface area (TPSA) is 3.24 Å². The van der Waals surface area contributed by atoms with E-state index >= 15 is 0 Å². The first-order chi connectivity index (χ1) is 32.7. The minimum absolute atomic E-state index is 0.206. The molecule has 10 aromatic rings. The lowest BCUT2D eigenvalue weighted by atomic mass is 9.81. The lowest BCUT2D eigenvalue weighted by Crippen LogP contribution is -2.18. The minimum Gasteiger partial charge on any atom is -0.310 e. The van der Waals surface area contributed by atoms with Gasteiger partial charge in [-0.3, -0.25) is 0 Å². The van der Waals surface area contributed by atoms with E-state index in [4.69, 9.17) is 0 Å². The highest BCUT2D eigenvalue weighted by atomic mass is 15.1. The van der Waals surface area contributed by atoms with E-state index in [1.165, 1.54) is 100 Å². The summed E-state index contributed by atoms with van der Waals surface area (Å²) in [6, 6.07) is 87.5. The van der Waals surface area contributed by atoms with Crippen LogP contribution in [-0.2, 0) is 10.8 Å². The van der Waals surface area contributed by atoms with Crippen molar-refractivity contribution in [2.75, 3.05) is 4.90 Å². The molecule has 1 heteroatoms. The molecule has 0 saturated carbocycles. The zero-order chi connectivity index (χ0) is 45.3. The van der Waals surface area contributed by atoms with Crippen molar-refractivity contribution in [3.8, 4) is 77.9 Å². The fourth-order valence-corrected chi connectivity index (χ4v) is 11.1. The second kappa shape index (κ2) is 15.9. The summed E-state index contributed by atoms with van der Waals surface area (Å²) in [4.78, 5) is 2.51. The van der Waals surface area contributed by atoms with Crippen LogP contribution in [0.5, 0.6) is 0 Å². The van der Waals surface area contributed by atoms with Gasteiger partial charge in [-0.2, -0.15) is 0 Å². The van der Waals surface area contributed by atoms with Gasteiger partial charge in [-0.1, -0.05) is 222 Å². The van der Waals surface area contributed by atoms with Gasteiger partial charge >= 0.3 is 0 Å². The van der Waals surface area contributed by atoms with Gasteiger partial charge in [0.05, 0.1) is 5.69 Å². The van der Waals surface area contributed by atoms with Crippen LogP contribution in [-0.4, -0.2) is 0 Å². The SMILES string of the molecule is CC1(C)c2cc(-c3ccccc3)ccc2-c2ccc(N(c3ccc4c(c3)C(C)(C)c3cc(-c5ccccc5-c5ccccc5)ccc3-4)c3ccccc3-c3ccc(-c4ccccc4)cc3)cc21. The standard InChI is InChI=1S/C66H51N/c1-65(2)60-40-49(45-20-10-6-11-21-45)32-36-56(60)58-38-34-51(42-62(58)65)67(64-27-17-16-26-55(64)48-30-28-46(29-31-48)44-18-8-5-9-19-44)52-35-39-59-57-37-33-50(41-61(57)66(3,4)63(59)43-52)54-25-15-14-24-53(54)47-22-12-7-13-23-47/h5-43H,1-4H3. The van der Waals surface area contributed by atoms with Crippen LogP contribution in [0.3, 0.4) is 0 Å². The molecule has 67 heavy (non-hydrogen) atoms. The number of nitrogens with zero attached hydrogens (tertiary/aromatic N) is 1. The van der Waals surface area contributed by atoms with Crippen molar-refractivity contribution >= 4 is 17.1 Å². The van der Waals surface area contributed by atoms with E-state index in [2.05, 4.69) is 269 Å². The van der Waals surface area contributed by atoms with E-state index < -0.39 is 0 Å². The molecule has 2 aliphatic carbocycles. The molecular formula is C66H51N. The Morgan fingerprint density at radius 3 is 1.10 bits per heavy atom. The average Bonchev–Trinajstić information content (AvgIpc) is 3.75. The molecule has 0 bridgehead atoms. The van der Waals surface area contributed by atoms with E-state index in [1.807, 2.05) is 0 Å². The molecule has 0 amide bonds. The van der Waals surface area contributed by atoms with Crippen LogP contribution in [0.4, 0.5) is 17.1 Å². The molecule has 0 aliphatic heterocycles. The first kappa shape index (κ1) is 40.5. The van der Waals surface area contributed by atoms with Gasteiger partial charge in [-0.05, 0) is 137 Å². The van der Waals surface area contributed by atoms with Crippen molar-refractivity contribution in [3.63, 3.8) is 0 Å². The van der Waals surface area contributed by atoms with Crippen molar-refractivity contribution in [3.05, 3.63) is 259 Å². The molecule has 0 heterocycles. The lowest BCUT2D eigenvalue weighted by molar-refractivity contribution is 0.660. The molecule has 0 unspecified atom stereocenters. The van der Waals surface area contributed by atoms with Gasteiger partial charge in [0.15, 0.2) is 0 Å². The van der Waals surface area contributed by atoms with Crippen LogP contribution in [0, 0.1) is 0 Å². The molecule has 0 radical (unpaired) electrons. The Morgan fingerprint density at radius 1 is 0.239 bits per heavy atom. The van der Waals surface area contributed by atoms with E-state index in [9.17, 15) is 0 Å². The van der Waals surface area contributed by atoms with Crippen molar-refractivity contribution in [1.82, 2.24) is 0 Å². The molecule has 0 N–H and O–H groups in total. The number of hydrogen-bond donors (Lipinski definition) is 0. The maximum Gasteiger partial charge on any atom is 0.0540 e.